The molecule has 1 aliphatic heterocycles. The number of amides is 1. The van der Waals surface area contributed by atoms with Crippen molar-refractivity contribution in [3.8, 4) is 11.8 Å². The summed E-state index contributed by atoms with van der Waals surface area (Å²) in [5.41, 5.74) is 2.13. The van der Waals surface area contributed by atoms with Gasteiger partial charge in [0.15, 0.2) is 0 Å². The van der Waals surface area contributed by atoms with E-state index in [1.807, 2.05) is 56.3 Å². The molecule has 28 heavy (non-hydrogen) atoms. The second-order valence-electron chi connectivity index (χ2n) is 7.02. The van der Waals surface area contributed by atoms with E-state index < -0.39 is 0 Å². The van der Waals surface area contributed by atoms with Crippen molar-refractivity contribution in [1.29, 1.82) is 5.26 Å². The minimum absolute atomic E-state index is 0.104. The van der Waals surface area contributed by atoms with Crippen LogP contribution in [0.2, 0.25) is 0 Å². The molecule has 1 heterocycles. The van der Waals surface area contributed by atoms with Gasteiger partial charge in [0.05, 0.1) is 6.10 Å². The van der Waals surface area contributed by atoms with Crippen molar-refractivity contribution in [2.24, 2.45) is 0 Å². The van der Waals surface area contributed by atoms with Crippen LogP contribution in [0.4, 0.5) is 5.69 Å². The van der Waals surface area contributed by atoms with Crippen LogP contribution >= 0.6 is 0 Å². The predicted molar refractivity (Wildman–Crippen MR) is 111 cm³/mol. The van der Waals surface area contributed by atoms with Gasteiger partial charge >= 0.3 is 0 Å². The lowest BCUT2D eigenvalue weighted by Gasteiger charge is -2.36. The summed E-state index contributed by atoms with van der Waals surface area (Å²) < 4.78 is 5.62. The standard InChI is InChI=1S/C23H25N3O2/c1-18(2)28-22-10-8-19(9-11-22)16-20(17-24)23(27)26-14-12-25(13-15-26)21-6-4-3-5-7-21/h3-11,16,18H,12-15H2,1-2H3. The number of anilines is 1. The smallest absolute Gasteiger partial charge is 0.264 e. The summed E-state index contributed by atoms with van der Waals surface area (Å²) in [5, 5.41) is 9.49. The second kappa shape index (κ2) is 9.09. The highest BCUT2D eigenvalue weighted by Crippen LogP contribution is 2.19. The molecule has 1 amide bonds. The van der Waals surface area contributed by atoms with Gasteiger partial charge < -0.3 is 14.5 Å². The van der Waals surface area contributed by atoms with Crippen LogP contribution in [0.3, 0.4) is 0 Å². The molecule has 2 aromatic carbocycles. The summed E-state index contributed by atoms with van der Waals surface area (Å²) in [6.07, 6.45) is 1.75. The van der Waals surface area contributed by atoms with Gasteiger partial charge in [0.2, 0.25) is 0 Å². The zero-order chi connectivity index (χ0) is 19.9. The molecule has 1 fully saturated rings. The maximum Gasteiger partial charge on any atom is 0.264 e. The number of hydrogen-bond acceptors (Lipinski definition) is 4. The second-order valence-corrected chi connectivity index (χ2v) is 7.02. The highest BCUT2D eigenvalue weighted by Gasteiger charge is 2.23. The fourth-order valence-corrected chi connectivity index (χ4v) is 3.20. The first kappa shape index (κ1) is 19.5. The van der Waals surface area contributed by atoms with Crippen LogP contribution in [-0.4, -0.2) is 43.1 Å². The highest BCUT2D eigenvalue weighted by molar-refractivity contribution is 6.01. The lowest BCUT2D eigenvalue weighted by atomic mass is 10.1. The van der Waals surface area contributed by atoms with E-state index in [9.17, 15) is 10.1 Å². The summed E-state index contributed by atoms with van der Waals surface area (Å²) in [6, 6.07) is 19.7. The van der Waals surface area contributed by atoms with E-state index in [1.165, 1.54) is 0 Å². The van der Waals surface area contributed by atoms with Gasteiger partial charge in [-0.2, -0.15) is 5.26 Å². The number of carbonyl (C=O) groups excluding carboxylic acids is 1. The first-order valence-corrected chi connectivity index (χ1v) is 9.54. The first-order valence-electron chi connectivity index (χ1n) is 9.54. The number of carbonyl (C=O) groups is 1. The van der Waals surface area contributed by atoms with Gasteiger partial charge in [-0.15, -0.1) is 0 Å². The van der Waals surface area contributed by atoms with Gasteiger partial charge in [0.1, 0.15) is 17.4 Å². The molecule has 2 aromatic rings. The van der Waals surface area contributed by atoms with Crippen molar-refractivity contribution in [1.82, 2.24) is 4.90 Å². The van der Waals surface area contributed by atoms with Crippen molar-refractivity contribution in [2.75, 3.05) is 31.1 Å². The number of hydrogen-bond donors (Lipinski definition) is 0. The molecule has 0 saturated carbocycles. The van der Waals surface area contributed by atoms with E-state index in [-0.39, 0.29) is 17.6 Å². The predicted octanol–water partition coefficient (Wildman–Crippen LogP) is 3.73. The Kier molecular flexibility index (Phi) is 6.33. The number of nitriles is 1. The maximum atomic E-state index is 12.8. The van der Waals surface area contributed by atoms with Gasteiger partial charge in [0, 0.05) is 31.9 Å². The largest absolute Gasteiger partial charge is 0.491 e. The topological polar surface area (TPSA) is 56.6 Å². The molecule has 1 saturated heterocycles. The molecular weight excluding hydrogens is 350 g/mol. The molecule has 1 aliphatic rings. The zero-order valence-electron chi connectivity index (χ0n) is 16.3. The Bertz CT molecular complexity index is 859. The third kappa shape index (κ3) is 4.92. The van der Waals surface area contributed by atoms with Gasteiger partial charge in [-0.3, -0.25) is 4.79 Å². The highest BCUT2D eigenvalue weighted by atomic mass is 16.5. The number of rotatable bonds is 5. The summed E-state index contributed by atoms with van der Waals surface area (Å²) in [4.78, 5) is 16.8. The van der Waals surface area contributed by atoms with Crippen LogP contribution in [0.1, 0.15) is 19.4 Å². The summed E-state index contributed by atoms with van der Waals surface area (Å²) in [5.74, 6) is 0.562. The molecule has 0 aromatic heterocycles. The van der Waals surface area contributed by atoms with Gasteiger partial charge in [-0.05, 0) is 49.8 Å². The summed E-state index contributed by atoms with van der Waals surface area (Å²) in [7, 11) is 0. The number of ether oxygens (including phenoxy) is 1. The van der Waals surface area contributed by atoms with Crippen molar-refractivity contribution < 1.29 is 9.53 Å². The van der Waals surface area contributed by atoms with Crippen molar-refractivity contribution in [3.05, 3.63) is 65.7 Å². The maximum absolute atomic E-state index is 12.8. The Morgan fingerprint density at radius 3 is 2.25 bits per heavy atom. The third-order valence-electron chi connectivity index (χ3n) is 4.60. The van der Waals surface area contributed by atoms with Crippen LogP contribution in [0.5, 0.6) is 5.75 Å². The van der Waals surface area contributed by atoms with Crippen LogP contribution in [-0.2, 0) is 4.79 Å². The Labute approximate surface area is 166 Å². The quantitative estimate of drug-likeness (QED) is 0.590. The van der Waals surface area contributed by atoms with E-state index in [4.69, 9.17) is 4.74 Å². The number of piperazine rings is 1. The van der Waals surface area contributed by atoms with E-state index in [0.717, 1.165) is 30.1 Å². The lowest BCUT2D eigenvalue weighted by molar-refractivity contribution is -0.126. The fourth-order valence-electron chi connectivity index (χ4n) is 3.20. The SMILES string of the molecule is CC(C)Oc1ccc(C=C(C#N)C(=O)N2CCN(c3ccccc3)CC2)cc1. The molecule has 0 bridgehead atoms. The number of nitrogens with zero attached hydrogens (tertiary/aromatic N) is 3. The molecule has 3 rings (SSSR count). The molecular formula is C23H25N3O2. The van der Waals surface area contributed by atoms with Crippen molar-refractivity contribution in [3.63, 3.8) is 0 Å². The average molecular weight is 375 g/mol. The third-order valence-corrected chi connectivity index (χ3v) is 4.60. The summed E-state index contributed by atoms with van der Waals surface area (Å²) in [6.45, 7) is 6.67. The molecule has 144 valence electrons. The van der Waals surface area contributed by atoms with Crippen LogP contribution < -0.4 is 9.64 Å². The monoisotopic (exact) mass is 375 g/mol. The van der Waals surface area contributed by atoms with Gasteiger partial charge in [-0.25, -0.2) is 0 Å². The Morgan fingerprint density at radius 1 is 1.04 bits per heavy atom. The minimum atomic E-state index is -0.210. The summed E-state index contributed by atoms with van der Waals surface area (Å²) >= 11 is 0. The van der Waals surface area contributed by atoms with Crippen LogP contribution in [0, 0.1) is 11.3 Å². The zero-order valence-corrected chi connectivity index (χ0v) is 16.3. The number of benzene rings is 2. The lowest BCUT2D eigenvalue weighted by Crippen LogP contribution is -2.49. The molecule has 0 radical (unpaired) electrons. The van der Waals surface area contributed by atoms with E-state index in [0.29, 0.717) is 13.1 Å². The van der Waals surface area contributed by atoms with Crippen molar-refractivity contribution in [2.45, 2.75) is 20.0 Å². The van der Waals surface area contributed by atoms with Gasteiger partial charge in [0.25, 0.3) is 5.91 Å². The Morgan fingerprint density at radius 2 is 1.68 bits per heavy atom. The average Bonchev–Trinajstić information content (AvgIpc) is 2.73. The Hall–Kier alpha value is -3.26. The molecule has 0 unspecified atom stereocenters. The van der Waals surface area contributed by atoms with Crippen LogP contribution in [0.15, 0.2) is 60.2 Å². The molecule has 0 spiro atoms. The number of para-hydroxylation sites is 1. The Balaban J connectivity index is 1.64. The van der Waals surface area contributed by atoms with E-state index >= 15 is 0 Å². The first-order chi connectivity index (χ1) is 13.6. The van der Waals surface area contributed by atoms with E-state index in [2.05, 4.69) is 23.1 Å². The molecule has 0 aliphatic carbocycles. The molecule has 0 atom stereocenters. The molecule has 5 heteroatoms. The van der Waals surface area contributed by atoms with E-state index in [1.54, 1.807) is 11.0 Å². The normalized spacial score (nSPS) is 14.7. The molecule has 0 N–H and O–H groups in total. The fraction of sp³-hybridized carbons (Fsp3) is 0.304. The van der Waals surface area contributed by atoms with Crippen molar-refractivity contribution >= 4 is 17.7 Å². The minimum Gasteiger partial charge on any atom is -0.491 e. The van der Waals surface area contributed by atoms with Gasteiger partial charge in [-0.1, -0.05) is 30.3 Å². The van der Waals surface area contributed by atoms with Crippen LogP contribution in [0.25, 0.3) is 6.08 Å². The molecule has 5 nitrogen and oxygen atoms in total.